The minimum Gasteiger partial charge on any atom is -0.215 e. The van der Waals surface area contributed by atoms with E-state index in [0.717, 1.165) is 31.2 Å². The number of sulfonamides is 1. The van der Waals surface area contributed by atoms with Crippen LogP contribution in [0.25, 0.3) is 0 Å². The van der Waals surface area contributed by atoms with Gasteiger partial charge in [-0.3, -0.25) is 0 Å². The molecule has 0 aromatic heterocycles. The molecule has 112 valence electrons. The second kappa shape index (κ2) is 7.43. The fraction of sp³-hybridized carbons (Fsp3) is 0.600. The molecule has 2 rings (SSSR count). The number of rotatable bonds is 6. The molecule has 0 radical (unpaired) electrons. The van der Waals surface area contributed by atoms with Crippen LogP contribution in [0.5, 0.6) is 0 Å². The first kappa shape index (κ1) is 15.8. The van der Waals surface area contributed by atoms with E-state index in [1.54, 1.807) is 0 Å². The zero-order chi connectivity index (χ0) is 14.4. The monoisotopic (exact) mass is 315 g/mol. The molecule has 1 aliphatic carbocycles. The second-order valence-corrected chi connectivity index (χ2v) is 8.06. The third kappa shape index (κ3) is 5.43. The lowest BCUT2D eigenvalue weighted by Gasteiger charge is -2.24. The van der Waals surface area contributed by atoms with Gasteiger partial charge in [-0.2, -0.15) is 0 Å². The Morgan fingerprint density at radius 3 is 2.40 bits per heavy atom. The quantitative estimate of drug-likeness (QED) is 0.820. The standard InChI is InChI=1S/C15H22ClNO2S/c16-15-8-6-14(7-9-15)12-17-20(18,19)11-10-13-4-2-1-3-5-13/h1-5,14-15,17H,6-12H2. The van der Waals surface area contributed by atoms with Crippen molar-refractivity contribution < 1.29 is 8.42 Å². The first-order valence-electron chi connectivity index (χ1n) is 7.20. The maximum Gasteiger partial charge on any atom is 0.211 e. The van der Waals surface area contributed by atoms with Gasteiger partial charge >= 0.3 is 0 Å². The second-order valence-electron chi connectivity index (χ2n) is 5.52. The summed E-state index contributed by atoms with van der Waals surface area (Å²) < 4.78 is 26.7. The molecular formula is C15H22ClNO2S. The molecule has 1 aromatic rings. The van der Waals surface area contributed by atoms with Crippen LogP contribution in [0.2, 0.25) is 0 Å². The van der Waals surface area contributed by atoms with E-state index in [9.17, 15) is 8.42 Å². The van der Waals surface area contributed by atoms with Crippen LogP contribution >= 0.6 is 11.6 Å². The molecule has 0 unspecified atom stereocenters. The molecule has 5 heteroatoms. The lowest BCUT2D eigenvalue weighted by molar-refractivity contribution is 0.361. The molecule has 20 heavy (non-hydrogen) atoms. The number of nitrogens with one attached hydrogen (secondary N) is 1. The third-order valence-electron chi connectivity index (χ3n) is 3.87. The van der Waals surface area contributed by atoms with Crippen LogP contribution < -0.4 is 4.72 Å². The summed E-state index contributed by atoms with van der Waals surface area (Å²) in [6.07, 6.45) is 4.60. The zero-order valence-corrected chi connectivity index (χ0v) is 13.2. The number of aryl methyl sites for hydroxylation is 1. The van der Waals surface area contributed by atoms with Crippen molar-refractivity contribution in [1.29, 1.82) is 0 Å². The van der Waals surface area contributed by atoms with Crippen molar-refractivity contribution in [3.05, 3.63) is 35.9 Å². The van der Waals surface area contributed by atoms with E-state index in [-0.39, 0.29) is 11.1 Å². The highest BCUT2D eigenvalue weighted by Gasteiger charge is 2.21. The first-order valence-corrected chi connectivity index (χ1v) is 9.29. The maximum absolute atomic E-state index is 12.0. The van der Waals surface area contributed by atoms with Crippen molar-refractivity contribution >= 4 is 21.6 Å². The van der Waals surface area contributed by atoms with Crippen molar-refractivity contribution in [3.63, 3.8) is 0 Å². The molecule has 0 amide bonds. The fourth-order valence-electron chi connectivity index (χ4n) is 2.54. The molecule has 0 spiro atoms. The summed E-state index contributed by atoms with van der Waals surface area (Å²) in [6, 6.07) is 9.71. The average molecular weight is 316 g/mol. The summed E-state index contributed by atoms with van der Waals surface area (Å²) in [7, 11) is -3.18. The van der Waals surface area contributed by atoms with Gasteiger partial charge in [0.25, 0.3) is 0 Å². The molecular weight excluding hydrogens is 294 g/mol. The molecule has 1 aromatic carbocycles. The molecule has 1 saturated carbocycles. The summed E-state index contributed by atoms with van der Waals surface area (Å²) >= 11 is 6.05. The van der Waals surface area contributed by atoms with Gasteiger partial charge in [0.1, 0.15) is 0 Å². The van der Waals surface area contributed by atoms with E-state index in [0.29, 0.717) is 18.9 Å². The smallest absolute Gasteiger partial charge is 0.211 e. The van der Waals surface area contributed by atoms with Crippen molar-refractivity contribution in [1.82, 2.24) is 4.72 Å². The first-order chi connectivity index (χ1) is 9.55. The van der Waals surface area contributed by atoms with Gasteiger partial charge in [-0.05, 0) is 43.6 Å². The lowest BCUT2D eigenvalue weighted by Crippen LogP contribution is -2.33. The Kier molecular flexibility index (Phi) is 5.87. The topological polar surface area (TPSA) is 46.2 Å². The normalized spacial score (nSPS) is 23.6. The number of hydrogen-bond donors (Lipinski definition) is 1. The number of benzene rings is 1. The minimum atomic E-state index is -3.18. The Morgan fingerprint density at radius 2 is 1.75 bits per heavy atom. The molecule has 0 aliphatic heterocycles. The average Bonchev–Trinajstić information content (AvgIpc) is 2.46. The van der Waals surface area contributed by atoms with Gasteiger partial charge < -0.3 is 0 Å². The highest BCUT2D eigenvalue weighted by atomic mass is 35.5. The van der Waals surface area contributed by atoms with Crippen molar-refractivity contribution in [2.45, 2.75) is 37.5 Å². The molecule has 1 aliphatic rings. The molecule has 1 fully saturated rings. The van der Waals surface area contributed by atoms with E-state index >= 15 is 0 Å². The van der Waals surface area contributed by atoms with Crippen molar-refractivity contribution in [2.75, 3.05) is 12.3 Å². The molecule has 0 atom stereocenters. The molecule has 1 N–H and O–H groups in total. The van der Waals surface area contributed by atoms with Gasteiger partial charge in [0.15, 0.2) is 0 Å². The summed E-state index contributed by atoms with van der Waals surface area (Å²) in [5, 5.41) is 0.279. The van der Waals surface area contributed by atoms with Gasteiger partial charge in [0.2, 0.25) is 10.0 Å². The van der Waals surface area contributed by atoms with Crippen LogP contribution in [-0.2, 0) is 16.4 Å². The van der Waals surface area contributed by atoms with Crippen molar-refractivity contribution in [2.24, 2.45) is 5.92 Å². The Balaban J connectivity index is 1.74. The van der Waals surface area contributed by atoms with Crippen LogP contribution in [0.3, 0.4) is 0 Å². The van der Waals surface area contributed by atoms with Gasteiger partial charge in [0, 0.05) is 11.9 Å². The summed E-state index contributed by atoms with van der Waals surface area (Å²) in [4.78, 5) is 0. The molecule has 0 bridgehead atoms. The van der Waals surface area contributed by atoms with Gasteiger partial charge in [-0.25, -0.2) is 13.1 Å². The van der Waals surface area contributed by atoms with Gasteiger partial charge in [0.05, 0.1) is 5.75 Å². The van der Waals surface area contributed by atoms with Crippen LogP contribution in [0, 0.1) is 5.92 Å². The lowest BCUT2D eigenvalue weighted by atomic mass is 9.89. The number of alkyl halides is 1. The highest BCUT2D eigenvalue weighted by Crippen LogP contribution is 2.27. The Hall–Kier alpha value is -0.580. The van der Waals surface area contributed by atoms with Crippen molar-refractivity contribution in [3.8, 4) is 0 Å². The van der Waals surface area contributed by atoms with E-state index in [4.69, 9.17) is 11.6 Å². The third-order valence-corrected chi connectivity index (χ3v) is 5.66. The highest BCUT2D eigenvalue weighted by molar-refractivity contribution is 7.89. The SMILES string of the molecule is O=S(=O)(CCc1ccccc1)NCC1CCC(Cl)CC1. The molecule has 3 nitrogen and oxygen atoms in total. The van der Waals surface area contributed by atoms with E-state index in [1.807, 2.05) is 30.3 Å². The zero-order valence-electron chi connectivity index (χ0n) is 11.6. The van der Waals surface area contributed by atoms with Crippen LogP contribution in [0.1, 0.15) is 31.2 Å². The van der Waals surface area contributed by atoms with Gasteiger partial charge in [-0.1, -0.05) is 30.3 Å². The fourth-order valence-corrected chi connectivity index (χ4v) is 3.93. The van der Waals surface area contributed by atoms with E-state index in [2.05, 4.69) is 4.72 Å². The van der Waals surface area contributed by atoms with Crippen LogP contribution in [0.15, 0.2) is 30.3 Å². The predicted molar refractivity (Wildman–Crippen MR) is 83.5 cm³/mol. The Bertz CT molecular complexity index is 496. The Labute approximate surface area is 126 Å². The number of halogens is 1. The Morgan fingerprint density at radius 1 is 1.10 bits per heavy atom. The maximum atomic E-state index is 12.0. The summed E-state index contributed by atoms with van der Waals surface area (Å²) in [5.74, 6) is 0.596. The predicted octanol–water partition coefficient (Wildman–Crippen LogP) is 2.95. The largest absolute Gasteiger partial charge is 0.215 e. The van der Waals surface area contributed by atoms with E-state index < -0.39 is 10.0 Å². The van der Waals surface area contributed by atoms with E-state index in [1.165, 1.54) is 0 Å². The summed E-state index contributed by atoms with van der Waals surface area (Å²) in [5.41, 5.74) is 1.06. The molecule has 0 saturated heterocycles. The number of hydrogen-bond acceptors (Lipinski definition) is 2. The van der Waals surface area contributed by atoms with Crippen LogP contribution in [0.4, 0.5) is 0 Å². The molecule has 0 heterocycles. The van der Waals surface area contributed by atoms with Gasteiger partial charge in [-0.15, -0.1) is 11.6 Å². The summed E-state index contributed by atoms with van der Waals surface area (Å²) in [6.45, 7) is 0.556. The van der Waals surface area contributed by atoms with Crippen LogP contribution in [-0.4, -0.2) is 26.1 Å². The minimum absolute atomic E-state index is 0.155.